The van der Waals surface area contributed by atoms with E-state index in [9.17, 15) is 9.59 Å². The first-order chi connectivity index (χ1) is 12.7. The minimum atomic E-state index is -0.648. The van der Waals surface area contributed by atoms with Crippen molar-refractivity contribution in [3.05, 3.63) is 34.6 Å². The minimum Gasteiger partial charge on any atom is -0.491 e. The Balaban J connectivity index is 1.79. The van der Waals surface area contributed by atoms with Crippen LogP contribution in [0, 0.1) is 0 Å². The van der Waals surface area contributed by atoms with Crippen molar-refractivity contribution in [3.8, 4) is 5.75 Å². The normalized spacial score (nSPS) is 13.6. The Kier molecular flexibility index (Phi) is 5.41. The van der Waals surface area contributed by atoms with Gasteiger partial charge in [0.2, 0.25) is 0 Å². The van der Waals surface area contributed by atoms with Gasteiger partial charge in [-0.15, -0.1) is 0 Å². The predicted octanol–water partition coefficient (Wildman–Crippen LogP) is 3.88. The number of fused-ring (bicyclic) bond motifs is 1. The third-order valence-corrected chi connectivity index (χ3v) is 4.08. The van der Waals surface area contributed by atoms with Crippen LogP contribution in [0.5, 0.6) is 5.75 Å². The highest BCUT2D eigenvalue weighted by molar-refractivity contribution is 9.10. The van der Waals surface area contributed by atoms with Gasteiger partial charge in [-0.2, -0.15) is 9.78 Å². The molecule has 0 spiro atoms. The molecule has 0 radical (unpaired) electrons. The van der Waals surface area contributed by atoms with Crippen molar-refractivity contribution >= 4 is 39.3 Å². The minimum absolute atomic E-state index is 0.240. The Morgan fingerprint density at radius 2 is 2.15 bits per heavy atom. The molecule has 0 fully saturated rings. The van der Waals surface area contributed by atoms with E-state index in [1.807, 2.05) is 6.07 Å². The second kappa shape index (κ2) is 7.59. The van der Waals surface area contributed by atoms with Gasteiger partial charge in [-0.25, -0.2) is 4.79 Å². The van der Waals surface area contributed by atoms with E-state index in [4.69, 9.17) is 9.47 Å². The fraction of sp³-hybridized carbons (Fsp3) is 0.389. The predicted molar refractivity (Wildman–Crippen MR) is 105 cm³/mol. The lowest BCUT2D eigenvalue weighted by Gasteiger charge is -2.18. The average Bonchev–Trinajstić information content (AvgIpc) is 2.94. The monoisotopic (exact) mass is 436 g/mol. The zero-order valence-electron chi connectivity index (χ0n) is 15.3. The molecule has 2 heterocycles. The molecule has 2 N–H and O–H groups in total. The standard InChI is InChI=1S/C18H21BrN4O4/c1-18(2,3)27-17(25)23-10-11(9-21-23)16(24)22-13-7-12(19)8-14-15(13)20-5-4-6-26-14/h7-10,20H,4-6H2,1-3H3,(H,22,24). The number of hydrogen-bond donors (Lipinski definition) is 2. The maximum atomic E-state index is 12.6. The molecule has 0 saturated heterocycles. The van der Waals surface area contributed by atoms with Gasteiger partial charge in [0.05, 0.1) is 30.3 Å². The molecule has 1 aromatic carbocycles. The number of aromatic nitrogens is 2. The van der Waals surface area contributed by atoms with Crippen molar-refractivity contribution < 1.29 is 19.1 Å². The van der Waals surface area contributed by atoms with Crippen molar-refractivity contribution in [2.45, 2.75) is 32.8 Å². The molecule has 0 unspecified atom stereocenters. The van der Waals surface area contributed by atoms with Crippen LogP contribution in [0.15, 0.2) is 29.0 Å². The summed E-state index contributed by atoms with van der Waals surface area (Å²) in [5, 5.41) is 10.0. The van der Waals surface area contributed by atoms with Crippen LogP contribution in [0.2, 0.25) is 0 Å². The fourth-order valence-electron chi connectivity index (χ4n) is 2.49. The number of halogens is 1. The third-order valence-electron chi connectivity index (χ3n) is 3.62. The van der Waals surface area contributed by atoms with Crippen LogP contribution in [-0.2, 0) is 4.74 Å². The molecule has 1 aromatic heterocycles. The molecule has 144 valence electrons. The average molecular weight is 437 g/mol. The molecule has 0 saturated carbocycles. The summed E-state index contributed by atoms with van der Waals surface area (Å²) in [6.45, 7) is 6.63. The number of hydrogen-bond acceptors (Lipinski definition) is 6. The van der Waals surface area contributed by atoms with Crippen LogP contribution < -0.4 is 15.4 Å². The van der Waals surface area contributed by atoms with Crippen molar-refractivity contribution in [3.63, 3.8) is 0 Å². The Bertz CT molecular complexity index is 873. The molecule has 1 amide bonds. The van der Waals surface area contributed by atoms with E-state index in [2.05, 4.69) is 31.7 Å². The number of carbonyl (C=O) groups is 2. The molecule has 9 heteroatoms. The third kappa shape index (κ3) is 4.79. The number of carbonyl (C=O) groups excluding carboxylic acids is 2. The Morgan fingerprint density at radius 3 is 2.89 bits per heavy atom. The largest absolute Gasteiger partial charge is 0.491 e. The van der Waals surface area contributed by atoms with Crippen molar-refractivity contribution in [2.24, 2.45) is 0 Å². The second-order valence-corrected chi connectivity index (χ2v) is 7.98. The van der Waals surface area contributed by atoms with Gasteiger partial charge in [0.25, 0.3) is 5.91 Å². The number of amides is 1. The summed E-state index contributed by atoms with van der Waals surface area (Å²) in [5.74, 6) is 0.276. The lowest BCUT2D eigenvalue weighted by molar-refractivity contribution is 0.0514. The van der Waals surface area contributed by atoms with Crippen LogP contribution in [0.1, 0.15) is 37.6 Å². The Hall–Kier alpha value is -2.55. The summed E-state index contributed by atoms with van der Waals surface area (Å²) in [5.41, 5.74) is 0.898. The summed E-state index contributed by atoms with van der Waals surface area (Å²) < 4.78 is 12.7. The molecular weight excluding hydrogens is 416 g/mol. The van der Waals surface area contributed by atoms with Gasteiger partial charge in [-0.05, 0) is 39.3 Å². The van der Waals surface area contributed by atoms with Gasteiger partial charge in [0, 0.05) is 11.0 Å². The Morgan fingerprint density at radius 1 is 1.37 bits per heavy atom. The van der Waals surface area contributed by atoms with E-state index in [0.717, 1.165) is 27.8 Å². The van der Waals surface area contributed by atoms with Gasteiger partial charge in [0.1, 0.15) is 17.0 Å². The first-order valence-corrected chi connectivity index (χ1v) is 9.32. The molecule has 1 aliphatic heterocycles. The van der Waals surface area contributed by atoms with Crippen LogP contribution >= 0.6 is 15.9 Å². The van der Waals surface area contributed by atoms with Gasteiger partial charge in [0.15, 0.2) is 0 Å². The molecule has 8 nitrogen and oxygen atoms in total. The highest BCUT2D eigenvalue weighted by atomic mass is 79.9. The number of ether oxygens (including phenoxy) is 2. The summed E-state index contributed by atoms with van der Waals surface area (Å²) in [6.07, 6.45) is 2.87. The van der Waals surface area contributed by atoms with Crippen molar-refractivity contribution in [2.75, 3.05) is 23.8 Å². The topological polar surface area (TPSA) is 94.5 Å². The van der Waals surface area contributed by atoms with Crippen molar-refractivity contribution in [1.82, 2.24) is 9.78 Å². The SMILES string of the molecule is CC(C)(C)OC(=O)n1cc(C(=O)Nc2cc(Br)cc3c2NCCCO3)cn1. The van der Waals surface area contributed by atoms with Gasteiger partial charge < -0.3 is 20.1 Å². The van der Waals surface area contributed by atoms with Crippen LogP contribution in [0.3, 0.4) is 0 Å². The maximum Gasteiger partial charge on any atom is 0.435 e. The zero-order chi connectivity index (χ0) is 19.6. The fourth-order valence-corrected chi connectivity index (χ4v) is 2.92. The molecule has 3 rings (SSSR count). The summed E-state index contributed by atoms with van der Waals surface area (Å²) in [6, 6.07) is 3.64. The first-order valence-electron chi connectivity index (χ1n) is 8.52. The van der Waals surface area contributed by atoms with E-state index in [1.54, 1.807) is 26.8 Å². The smallest absolute Gasteiger partial charge is 0.435 e. The number of rotatable bonds is 2. The number of benzene rings is 1. The number of nitrogens with one attached hydrogen (secondary N) is 2. The molecule has 1 aliphatic rings. The summed E-state index contributed by atoms with van der Waals surface area (Å²) in [4.78, 5) is 24.7. The molecule has 2 aromatic rings. The Labute approximate surface area is 165 Å². The van der Waals surface area contributed by atoms with E-state index < -0.39 is 17.6 Å². The van der Waals surface area contributed by atoms with E-state index in [1.165, 1.54) is 12.4 Å². The molecule has 0 bridgehead atoms. The highest BCUT2D eigenvalue weighted by Crippen LogP contribution is 2.37. The lowest BCUT2D eigenvalue weighted by atomic mass is 10.2. The van der Waals surface area contributed by atoms with E-state index >= 15 is 0 Å². The first kappa shape index (κ1) is 19.2. The van der Waals surface area contributed by atoms with E-state index in [-0.39, 0.29) is 5.56 Å². The second-order valence-electron chi connectivity index (χ2n) is 7.06. The van der Waals surface area contributed by atoms with Gasteiger partial charge in [-0.3, -0.25) is 4.79 Å². The molecule has 0 atom stereocenters. The van der Waals surface area contributed by atoms with Crippen LogP contribution in [0.25, 0.3) is 0 Å². The van der Waals surface area contributed by atoms with Crippen molar-refractivity contribution in [1.29, 1.82) is 0 Å². The zero-order valence-corrected chi connectivity index (χ0v) is 16.9. The number of anilines is 2. The molecule has 0 aliphatic carbocycles. The van der Waals surface area contributed by atoms with E-state index in [0.29, 0.717) is 18.0 Å². The van der Waals surface area contributed by atoms with Gasteiger partial charge in [-0.1, -0.05) is 15.9 Å². The molecule has 27 heavy (non-hydrogen) atoms. The highest BCUT2D eigenvalue weighted by Gasteiger charge is 2.21. The van der Waals surface area contributed by atoms with Gasteiger partial charge >= 0.3 is 6.09 Å². The summed E-state index contributed by atoms with van der Waals surface area (Å²) in [7, 11) is 0. The molecular formula is C18H21BrN4O4. The lowest BCUT2D eigenvalue weighted by Crippen LogP contribution is -2.27. The van der Waals surface area contributed by atoms with Crippen LogP contribution in [0.4, 0.5) is 16.2 Å². The maximum absolute atomic E-state index is 12.6. The summed E-state index contributed by atoms with van der Waals surface area (Å²) >= 11 is 3.43. The van der Waals surface area contributed by atoms with Crippen LogP contribution in [-0.4, -0.2) is 40.5 Å². The quantitative estimate of drug-likeness (QED) is 0.741. The number of nitrogens with zero attached hydrogens (tertiary/aromatic N) is 2.